The Morgan fingerprint density at radius 1 is 1.33 bits per heavy atom. The van der Waals surface area contributed by atoms with Gasteiger partial charge in [-0.2, -0.15) is 4.98 Å². The van der Waals surface area contributed by atoms with E-state index in [1.165, 1.54) is 11.0 Å². The normalized spacial score (nSPS) is 10.2. The summed E-state index contributed by atoms with van der Waals surface area (Å²) >= 11 is 1.70. The lowest BCUT2D eigenvalue weighted by Crippen LogP contribution is -1.80. The molecule has 0 bridgehead atoms. The molecule has 0 aliphatic rings. The first kappa shape index (κ1) is 9.98. The molecular formula is C11H10N2OS. The molecule has 0 spiro atoms. The number of aromatic nitrogens is 2. The summed E-state index contributed by atoms with van der Waals surface area (Å²) in [5.74, 6) is 1.04. The molecule has 0 fully saturated rings. The Morgan fingerprint density at radius 3 is 2.60 bits per heavy atom. The van der Waals surface area contributed by atoms with Crippen LogP contribution in [0.25, 0.3) is 17.5 Å². The fourth-order valence-corrected chi connectivity index (χ4v) is 1.58. The van der Waals surface area contributed by atoms with Gasteiger partial charge in [-0.1, -0.05) is 11.7 Å². The fourth-order valence-electron chi connectivity index (χ4n) is 1.18. The maximum Gasteiger partial charge on any atom is 0.250 e. The highest BCUT2D eigenvalue weighted by Gasteiger charge is 2.05. The Kier molecular flexibility index (Phi) is 2.87. The Hall–Kier alpha value is -1.55. The lowest BCUT2D eigenvalue weighted by molar-refractivity contribution is 0.411. The molecule has 0 atom stereocenters. The number of nitrogens with zero attached hydrogens (tertiary/aromatic N) is 2. The van der Waals surface area contributed by atoms with Crippen LogP contribution < -0.4 is 0 Å². The third kappa shape index (κ3) is 2.10. The average molecular weight is 218 g/mol. The van der Waals surface area contributed by atoms with Crippen LogP contribution in [0.4, 0.5) is 0 Å². The molecule has 0 amide bonds. The summed E-state index contributed by atoms with van der Waals surface area (Å²) in [6, 6.07) is 8.01. The van der Waals surface area contributed by atoms with Crippen molar-refractivity contribution in [3.63, 3.8) is 0 Å². The summed E-state index contributed by atoms with van der Waals surface area (Å²) in [5, 5.41) is 3.85. The van der Waals surface area contributed by atoms with Crippen LogP contribution in [-0.4, -0.2) is 16.4 Å². The molecule has 0 saturated heterocycles. The summed E-state index contributed by atoms with van der Waals surface area (Å²) in [5.41, 5.74) is 0.949. The molecule has 4 heteroatoms. The molecule has 0 aliphatic heterocycles. The molecule has 0 radical (unpaired) electrons. The van der Waals surface area contributed by atoms with Crippen molar-refractivity contribution in [3.05, 3.63) is 36.7 Å². The predicted octanol–water partition coefficient (Wildman–Crippen LogP) is 3.10. The second-order valence-corrected chi connectivity index (χ2v) is 3.77. The van der Waals surface area contributed by atoms with Gasteiger partial charge in [0.1, 0.15) is 0 Å². The zero-order chi connectivity index (χ0) is 10.7. The maximum atomic E-state index is 4.94. The van der Waals surface area contributed by atoms with Crippen molar-refractivity contribution in [1.29, 1.82) is 0 Å². The number of rotatable bonds is 3. The molecule has 76 valence electrons. The van der Waals surface area contributed by atoms with Crippen LogP contribution in [0.2, 0.25) is 0 Å². The van der Waals surface area contributed by atoms with Gasteiger partial charge in [0, 0.05) is 10.5 Å². The second-order valence-electron chi connectivity index (χ2n) is 2.89. The molecule has 0 N–H and O–H groups in total. The number of thioether (sulfide) groups is 1. The van der Waals surface area contributed by atoms with Gasteiger partial charge in [0.05, 0.1) is 0 Å². The maximum absolute atomic E-state index is 4.94. The zero-order valence-electron chi connectivity index (χ0n) is 8.30. The molecule has 1 aromatic carbocycles. The van der Waals surface area contributed by atoms with Crippen molar-refractivity contribution >= 4 is 17.8 Å². The van der Waals surface area contributed by atoms with Crippen molar-refractivity contribution in [3.8, 4) is 11.4 Å². The van der Waals surface area contributed by atoms with Crippen molar-refractivity contribution in [1.82, 2.24) is 10.1 Å². The van der Waals surface area contributed by atoms with Gasteiger partial charge < -0.3 is 4.52 Å². The van der Waals surface area contributed by atoms with E-state index >= 15 is 0 Å². The molecule has 0 aliphatic carbocycles. The van der Waals surface area contributed by atoms with E-state index < -0.39 is 0 Å². The van der Waals surface area contributed by atoms with Gasteiger partial charge >= 0.3 is 0 Å². The summed E-state index contributed by atoms with van der Waals surface area (Å²) in [6.45, 7) is 3.57. The van der Waals surface area contributed by atoms with E-state index in [0.29, 0.717) is 11.7 Å². The van der Waals surface area contributed by atoms with Gasteiger partial charge in [-0.25, -0.2) is 0 Å². The highest BCUT2D eigenvalue weighted by atomic mass is 32.2. The van der Waals surface area contributed by atoms with Crippen molar-refractivity contribution in [2.45, 2.75) is 4.90 Å². The minimum atomic E-state index is 0.443. The standard InChI is InChI=1S/C11H10N2OS/c1-3-10-12-11(13-14-10)8-4-6-9(15-2)7-5-8/h3-7H,1H2,2H3. The van der Waals surface area contributed by atoms with Crippen LogP contribution in [0.1, 0.15) is 5.89 Å². The first-order valence-corrected chi connectivity index (χ1v) is 5.66. The minimum Gasteiger partial charge on any atom is -0.334 e. The van der Waals surface area contributed by atoms with Gasteiger partial charge in [-0.15, -0.1) is 11.8 Å². The summed E-state index contributed by atoms with van der Waals surface area (Å²) in [4.78, 5) is 5.37. The quantitative estimate of drug-likeness (QED) is 0.742. The molecule has 0 saturated carbocycles. The van der Waals surface area contributed by atoms with E-state index in [-0.39, 0.29) is 0 Å². The molecule has 0 unspecified atom stereocenters. The van der Waals surface area contributed by atoms with Gasteiger partial charge in [-0.3, -0.25) is 0 Å². The van der Waals surface area contributed by atoms with Crippen LogP contribution in [0, 0.1) is 0 Å². The molecule has 1 aromatic heterocycles. The van der Waals surface area contributed by atoms with E-state index in [4.69, 9.17) is 4.52 Å². The second kappa shape index (κ2) is 4.31. The van der Waals surface area contributed by atoms with Gasteiger partial charge in [0.15, 0.2) is 0 Å². The highest BCUT2D eigenvalue weighted by molar-refractivity contribution is 7.98. The monoisotopic (exact) mass is 218 g/mol. The van der Waals surface area contributed by atoms with E-state index in [0.717, 1.165) is 5.56 Å². The van der Waals surface area contributed by atoms with Gasteiger partial charge in [-0.05, 0) is 36.6 Å². The predicted molar refractivity (Wildman–Crippen MR) is 61.6 cm³/mol. The number of hydrogen-bond acceptors (Lipinski definition) is 4. The molecule has 15 heavy (non-hydrogen) atoms. The smallest absolute Gasteiger partial charge is 0.250 e. The lowest BCUT2D eigenvalue weighted by atomic mass is 10.2. The first-order valence-electron chi connectivity index (χ1n) is 4.44. The van der Waals surface area contributed by atoms with Gasteiger partial charge in [0.25, 0.3) is 0 Å². The lowest BCUT2D eigenvalue weighted by Gasteiger charge is -1.96. The van der Waals surface area contributed by atoms with Crippen molar-refractivity contribution in [2.75, 3.05) is 6.26 Å². The van der Waals surface area contributed by atoms with Crippen molar-refractivity contribution in [2.24, 2.45) is 0 Å². The van der Waals surface area contributed by atoms with Gasteiger partial charge in [0.2, 0.25) is 11.7 Å². The molecule has 1 heterocycles. The van der Waals surface area contributed by atoms with Crippen LogP contribution in [0.15, 0.2) is 40.3 Å². The van der Waals surface area contributed by atoms with Crippen LogP contribution in [0.5, 0.6) is 0 Å². The summed E-state index contributed by atoms with van der Waals surface area (Å²) in [7, 11) is 0. The Morgan fingerprint density at radius 2 is 2.07 bits per heavy atom. The number of benzene rings is 1. The summed E-state index contributed by atoms with van der Waals surface area (Å²) in [6.07, 6.45) is 3.58. The van der Waals surface area contributed by atoms with Crippen LogP contribution >= 0.6 is 11.8 Å². The van der Waals surface area contributed by atoms with E-state index in [2.05, 4.69) is 16.7 Å². The van der Waals surface area contributed by atoms with E-state index in [9.17, 15) is 0 Å². The Balaban J connectivity index is 2.32. The number of hydrogen-bond donors (Lipinski definition) is 0. The Labute approximate surface area is 92.2 Å². The third-order valence-corrected chi connectivity index (χ3v) is 2.71. The topological polar surface area (TPSA) is 38.9 Å². The van der Waals surface area contributed by atoms with E-state index in [1.807, 2.05) is 30.5 Å². The molecule has 3 nitrogen and oxygen atoms in total. The largest absolute Gasteiger partial charge is 0.334 e. The third-order valence-electron chi connectivity index (χ3n) is 1.96. The SMILES string of the molecule is C=Cc1nc(-c2ccc(SC)cc2)no1. The first-order chi connectivity index (χ1) is 7.33. The van der Waals surface area contributed by atoms with Crippen LogP contribution in [0.3, 0.4) is 0 Å². The van der Waals surface area contributed by atoms with Crippen molar-refractivity contribution < 1.29 is 4.52 Å². The molecule has 2 aromatic rings. The highest BCUT2D eigenvalue weighted by Crippen LogP contribution is 2.20. The molecular weight excluding hydrogens is 208 g/mol. The zero-order valence-corrected chi connectivity index (χ0v) is 9.12. The minimum absolute atomic E-state index is 0.443. The fraction of sp³-hybridized carbons (Fsp3) is 0.0909. The molecule has 2 rings (SSSR count). The summed E-state index contributed by atoms with van der Waals surface area (Å²) < 4.78 is 4.94. The average Bonchev–Trinajstić information content (AvgIpc) is 2.78. The van der Waals surface area contributed by atoms with Crippen LogP contribution in [-0.2, 0) is 0 Å². The Bertz CT molecular complexity index is 462. The van der Waals surface area contributed by atoms with E-state index in [1.54, 1.807) is 11.8 Å².